The molecule has 1 heterocycles. The van der Waals surface area contributed by atoms with Gasteiger partial charge in [0.15, 0.2) is 9.84 Å². The molecule has 0 aliphatic carbocycles. The number of likely N-dealkylation sites (tertiary alicyclic amines) is 1. The average Bonchev–Trinajstić information content (AvgIpc) is 3.38. The molecule has 0 bridgehead atoms. The molecule has 0 aromatic heterocycles. The van der Waals surface area contributed by atoms with Gasteiger partial charge >= 0.3 is 6.09 Å². The number of rotatable bonds is 9. The highest BCUT2D eigenvalue weighted by Gasteiger charge is 2.20. The van der Waals surface area contributed by atoms with Gasteiger partial charge in [0.1, 0.15) is 18.0 Å². The molecular weight excluding hydrogens is 499 g/mol. The van der Waals surface area contributed by atoms with Gasteiger partial charge < -0.3 is 19.7 Å². The second-order valence-electron chi connectivity index (χ2n) is 9.84. The highest BCUT2D eigenvalue weighted by molar-refractivity contribution is 7.90. The SMILES string of the molecule is CC(C)(C)OC(=O)NC/C(=C\F)COc1ccc(S(=O)(=O)Cc2ccc(C(=O)N3CCCC3)cc2)cc1. The number of hydrogen-bond acceptors (Lipinski definition) is 6. The summed E-state index contributed by atoms with van der Waals surface area (Å²) in [6, 6.07) is 12.5. The van der Waals surface area contributed by atoms with Crippen LogP contribution in [0.3, 0.4) is 0 Å². The Kier molecular flexibility index (Phi) is 9.31. The van der Waals surface area contributed by atoms with E-state index in [9.17, 15) is 22.4 Å². The van der Waals surface area contributed by atoms with Crippen LogP contribution in [0.25, 0.3) is 0 Å². The largest absolute Gasteiger partial charge is 0.489 e. The van der Waals surface area contributed by atoms with E-state index in [1.54, 1.807) is 49.9 Å². The molecule has 0 unspecified atom stereocenters. The Morgan fingerprint density at radius 3 is 2.22 bits per heavy atom. The minimum Gasteiger partial charge on any atom is -0.489 e. The molecule has 0 saturated carbocycles. The maximum atomic E-state index is 13.2. The third kappa shape index (κ3) is 8.59. The fourth-order valence-corrected chi connectivity index (χ4v) is 5.04. The molecule has 2 amide bonds. The van der Waals surface area contributed by atoms with Crippen LogP contribution >= 0.6 is 0 Å². The van der Waals surface area contributed by atoms with Gasteiger partial charge in [-0.25, -0.2) is 17.6 Å². The Morgan fingerprint density at radius 1 is 1.03 bits per heavy atom. The van der Waals surface area contributed by atoms with Gasteiger partial charge in [-0.2, -0.15) is 0 Å². The third-order valence-corrected chi connectivity index (χ3v) is 7.27. The Morgan fingerprint density at radius 2 is 1.65 bits per heavy atom. The smallest absolute Gasteiger partial charge is 0.407 e. The fraction of sp³-hybridized carbons (Fsp3) is 0.407. The zero-order valence-corrected chi connectivity index (χ0v) is 22.1. The summed E-state index contributed by atoms with van der Waals surface area (Å²) >= 11 is 0. The summed E-state index contributed by atoms with van der Waals surface area (Å²) in [5, 5.41) is 2.45. The van der Waals surface area contributed by atoms with Crippen LogP contribution in [-0.4, -0.2) is 57.2 Å². The van der Waals surface area contributed by atoms with Crippen molar-refractivity contribution in [3.8, 4) is 5.75 Å². The van der Waals surface area contributed by atoms with E-state index in [0.29, 0.717) is 23.2 Å². The summed E-state index contributed by atoms with van der Waals surface area (Å²) in [5.74, 6) is 0.102. The van der Waals surface area contributed by atoms with Crippen molar-refractivity contribution < 1.29 is 31.9 Å². The molecule has 3 rings (SSSR count). The van der Waals surface area contributed by atoms with E-state index in [0.717, 1.165) is 25.9 Å². The van der Waals surface area contributed by atoms with Crippen LogP contribution in [0, 0.1) is 0 Å². The van der Waals surface area contributed by atoms with Crippen LogP contribution in [0.15, 0.2) is 65.3 Å². The highest BCUT2D eigenvalue weighted by atomic mass is 32.2. The molecule has 1 aliphatic rings. The van der Waals surface area contributed by atoms with Crippen molar-refractivity contribution in [2.45, 2.75) is 49.9 Å². The first kappa shape index (κ1) is 28.2. The van der Waals surface area contributed by atoms with Crippen molar-refractivity contribution in [2.24, 2.45) is 0 Å². The van der Waals surface area contributed by atoms with Crippen LogP contribution in [-0.2, 0) is 20.3 Å². The molecule has 1 saturated heterocycles. The number of ether oxygens (including phenoxy) is 2. The number of amides is 2. The van der Waals surface area contributed by atoms with Crippen LogP contribution in [0.4, 0.5) is 9.18 Å². The van der Waals surface area contributed by atoms with Crippen LogP contribution in [0.1, 0.15) is 49.5 Å². The maximum Gasteiger partial charge on any atom is 0.407 e. The molecule has 0 spiro atoms. The Labute approximate surface area is 217 Å². The number of carbonyl (C=O) groups is 2. The van der Waals surface area contributed by atoms with Gasteiger partial charge in [0.25, 0.3) is 5.91 Å². The number of benzene rings is 2. The lowest BCUT2D eigenvalue weighted by Gasteiger charge is -2.20. The molecule has 1 fully saturated rings. The van der Waals surface area contributed by atoms with Gasteiger partial charge in [-0.1, -0.05) is 12.1 Å². The van der Waals surface area contributed by atoms with Gasteiger partial charge in [0, 0.05) is 30.8 Å². The van der Waals surface area contributed by atoms with Crippen LogP contribution < -0.4 is 10.1 Å². The molecule has 200 valence electrons. The minimum absolute atomic E-state index is 0.0334. The van der Waals surface area contributed by atoms with E-state index in [1.165, 1.54) is 24.3 Å². The van der Waals surface area contributed by atoms with Crippen LogP contribution in [0.2, 0.25) is 0 Å². The van der Waals surface area contributed by atoms with E-state index in [-0.39, 0.29) is 35.3 Å². The van der Waals surface area contributed by atoms with Gasteiger partial charge in [-0.05, 0) is 75.6 Å². The van der Waals surface area contributed by atoms with E-state index in [4.69, 9.17) is 9.47 Å². The Hall–Kier alpha value is -3.40. The van der Waals surface area contributed by atoms with Gasteiger partial charge in [-0.15, -0.1) is 0 Å². The van der Waals surface area contributed by atoms with E-state index >= 15 is 0 Å². The molecule has 8 nitrogen and oxygen atoms in total. The van der Waals surface area contributed by atoms with Crippen molar-refractivity contribution in [1.29, 1.82) is 0 Å². The molecule has 0 atom stereocenters. The topological polar surface area (TPSA) is 102 Å². The predicted octanol–water partition coefficient (Wildman–Crippen LogP) is 4.65. The normalized spacial score (nSPS) is 14.4. The molecule has 37 heavy (non-hydrogen) atoms. The monoisotopic (exact) mass is 532 g/mol. The number of alkyl carbamates (subject to hydrolysis) is 1. The second-order valence-corrected chi connectivity index (χ2v) is 11.8. The van der Waals surface area contributed by atoms with Gasteiger partial charge in [0.05, 0.1) is 17.0 Å². The van der Waals surface area contributed by atoms with Crippen molar-refractivity contribution in [2.75, 3.05) is 26.2 Å². The fourth-order valence-electron chi connectivity index (χ4n) is 3.69. The number of carbonyl (C=O) groups excluding carboxylic acids is 2. The lowest BCUT2D eigenvalue weighted by atomic mass is 10.1. The molecule has 10 heteroatoms. The van der Waals surface area contributed by atoms with Gasteiger partial charge in [0.2, 0.25) is 0 Å². The summed E-state index contributed by atoms with van der Waals surface area (Å²) in [6.07, 6.45) is 1.69. The second kappa shape index (κ2) is 12.2. The Balaban J connectivity index is 1.53. The predicted molar refractivity (Wildman–Crippen MR) is 138 cm³/mol. The summed E-state index contributed by atoms with van der Waals surface area (Å²) in [4.78, 5) is 26.1. The summed E-state index contributed by atoms with van der Waals surface area (Å²) in [5.41, 5.74) is 0.633. The number of nitrogens with zero attached hydrogens (tertiary/aromatic N) is 1. The molecule has 2 aromatic rings. The number of nitrogens with one attached hydrogen (secondary N) is 1. The zero-order chi connectivity index (χ0) is 27.1. The highest BCUT2D eigenvalue weighted by Crippen LogP contribution is 2.21. The quantitative estimate of drug-likeness (QED) is 0.504. The van der Waals surface area contributed by atoms with Crippen LogP contribution in [0.5, 0.6) is 5.75 Å². The first-order valence-electron chi connectivity index (χ1n) is 12.1. The summed E-state index contributed by atoms with van der Waals surface area (Å²) < 4.78 is 49.6. The maximum absolute atomic E-state index is 13.2. The Bertz CT molecular complexity index is 1210. The van der Waals surface area contributed by atoms with E-state index in [1.807, 2.05) is 0 Å². The van der Waals surface area contributed by atoms with Gasteiger partial charge in [-0.3, -0.25) is 4.79 Å². The summed E-state index contributed by atoms with van der Waals surface area (Å²) in [6.45, 7) is 6.44. The van der Waals surface area contributed by atoms with E-state index < -0.39 is 21.5 Å². The van der Waals surface area contributed by atoms with E-state index in [2.05, 4.69) is 5.32 Å². The van der Waals surface area contributed by atoms with Crippen molar-refractivity contribution in [3.05, 3.63) is 71.6 Å². The lowest BCUT2D eigenvalue weighted by Crippen LogP contribution is -2.34. The number of halogens is 1. The molecular formula is C27H33FN2O6S. The van der Waals surface area contributed by atoms with Crippen molar-refractivity contribution >= 4 is 21.8 Å². The van der Waals surface area contributed by atoms with Crippen molar-refractivity contribution in [1.82, 2.24) is 10.2 Å². The molecule has 0 radical (unpaired) electrons. The van der Waals surface area contributed by atoms with Crippen molar-refractivity contribution in [3.63, 3.8) is 0 Å². The molecule has 2 aromatic carbocycles. The number of sulfone groups is 1. The number of hydrogen-bond donors (Lipinski definition) is 1. The minimum atomic E-state index is -3.63. The molecule has 1 N–H and O–H groups in total. The standard InChI is InChI=1S/C27H33FN2O6S/c1-27(2,3)36-26(32)29-17-21(16-28)18-35-23-10-12-24(13-11-23)37(33,34)19-20-6-8-22(9-7-20)25(31)30-14-4-5-15-30/h6-13,16H,4-5,14-15,17-19H2,1-3H3,(H,29,32)/b21-16+. The first-order valence-corrected chi connectivity index (χ1v) is 13.7. The zero-order valence-electron chi connectivity index (χ0n) is 21.3. The lowest BCUT2D eigenvalue weighted by molar-refractivity contribution is 0.0531. The summed E-state index contributed by atoms with van der Waals surface area (Å²) in [7, 11) is -3.63. The third-order valence-electron chi connectivity index (χ3n) is 5.57. The average molecular weight is 533 g/mol. The molecule has 1 aliphatic heterocycles. The first-order chi connectivity index (χ1) is 17.5.